The zero-order valence-electron chi connectivity index (χ0n) is 11.3. The van der Waals surface area contributed by atoms with Gasteiger partial charge >= 0.3 is 0 Å². The van der Waals surface area contributed by atoms with Gasteiger partial charge in [0.25, 0.3) is 0 Å². The fraction of sp³-hybridized carbons (Fsp3) is 0.571. The minimum absolute atomic E-state index is 0. The number of hydrogen-bond acceptors (Lipinski definition) is 3. The van der Waals surface area contributed by atoms with Crippen LogP contribution in [0.4, 0.5) is 0 Å². The molecule has 0 amide bonds. The second-order valence-corrected chi connectivity index (χ2v) is 7.09. The molecular weight excluding hydrogens is 266 g/mol. The van der Waals surface area contributed by atoms with E-state index in [9.17, 15) is 0 Å². The summed E-state index contributed by atoms with van der Waals surface area (Å²) in [7, 11) is 0. The lowest BCUT2D eigenvalue weighted by molar-refractivity contribution is 0.279. The SMILES string of the molecule is CC(C)(C)Sc1ccccc1[C@H](N)CCCO.Cl. The third-order valence-electron chi connectivity index (χ3n) is 2.41. The largest absolute Gasteiger partial charge is 0.396 e. The molecular formula is C14H24ClNOS. The van der Waals surface area contributed by atoms with Crippen molar-refractivity contribution in [3.63, 3.8) is 0 Å². The number of halogens is 1. The van der Waals surface area contributed by atoms with Crippen molar-refractivity contribution >= 4 is 24.2 Å². The van der Waals surface area contributed by atoms with E-state index in [2.05, 4.69) is 39.0 Å². The first-order valence-electron chi connectivity index (χ1n) is 6.08. The molecule has 18 heavy (non-hydrogen) atoms. The van der Waals surface area contributed by atoms with Crippen LogP contribution < -0.4 is 5.73 Å². The highest BCUT2D eigenvalue weighted by atomic mass is 35.5. The Morgan fingerprint density at radius 3 is 2.44 bits per heavy atom. The molecule has 0 bridgehead atoms. The third kappa shape index (κ3) is 6.10. The minimum Gasteiger partial charge on any atom is -0.396 e. The lowest BCUT2D eigenvalue weighted by Gasteiger charge is -2.22. The molecule has 0 aliphatic heterocycles. The summed E-state index contributed by atoms with van der Waals surface area (Å²) in [4.78, 5) is 1.26. The predicted molar refractivity (Wildman–Crippen MR) is 82.5 cm³/mol. The van der Waals surface area contributed by atoms with Gasteiger partial charge in [-0.15, -0.1) is 24.2 Å². The second kappa shape index (κ2) is 8.05. The van der Waals surface area contributed by atoms with Crippen molar-refractivity contribution in [1.29, 1.82) is 0 Å². The number of aliphatic hydroxyl groups is 1. The number of rotatable bonds is 5. The number of benzene rings is 1. The second-order valence-electron chi connectivity index (χ2n) is 5.22. The Balaban J connectivity index is 0.00000289. The van der Waals surface area contributed by atoms with E-state index in [4.69, 9.17) is 10.8 Å². The van der Waals surface area contributed by atoms with E-state index < -0.39 is 0 Å². The van der Waals surface area contributed by atoms with Crippen LogP contribution in [0.15, 0.2) is 29.2 Å². The van der Waals surface area contributed by atoms with Crippen LogP contribution in [0.5, 0.6) is 0 Å². The Morgan fingerprint density at radius 2 is 1.89 bits per heavy atom. The van der Waals surface area contributed by atoms with Crippen LogP contribution in [-0.2, 0) is 0 Å². The number of aliphatic hydroxyl groups excluding tert-OH is 1. The van der Waals surface area contributed by atoms with Crippen molar-refractivity contribution in [2.75, 3.05) is 6.61 Å². The fourth-order valence-electron chi connectivity index (χ4n) is 1.68. The summed E-state index contributed by atoms with van der Waals surface area (Å²) in [5.41, 5.74) is 7.37. The molecule has 2 nitrogen and oxygen atoms in total. The predicted octanol–water partition coefficient (Wildman–Crippen LogP) is 3.77. The van der Waals surface area contributed by atoms with E-state index >= 15 is 0 Å². The zero-order valence-corrected chi connectivity index (χ0v) is 13.0. The molecule has 1 aromatic carbocycles. The normalized spacial score (nSPS) is 12.9. The molecule has 0 heterocycles. The van der Waals surface area contributed by atoms with Crippen LogP contribution in [0.1, 0.15) is 45.2 Å². The van der Waals surface area contributed by atoms with Crippen molar-refractivity contribution in [3.05, 3.63) is 29.8 Å². The van der Waals surface area contributed by atoms with E-state index in [0.29, 0.717) is 0 Å². The first-order chi connectivity index (χ1) is 7.94. The Kier molecular flexibility index (Phi) is 7.95. The topological polar surface area (TPSA) is 46.2 Å². The molecule has 3 N–H and O–H groups in total. The molecule has 0 unspecified atom stereocenters. The van der Waals surface area contributed by atoms with Crippen molar-refractivity contribution in [3.8, 4) is 0 Å². The average molecular weight is 290 g/mol. The van der Waals surface area contributed by atoms with Crippen molar-refractivity contribution in [1.82, 2.24) is 0 Å². The summed E-state index contributed by atoms with van der Waals surface area (Å²) < 4.78 is 0.187. The fourth-order valence-corrected chi connectivity index (χ4v) is 2.82. The maximum atomic E-state index is 8.86. The van der Waals surface area contributed by atoms with E-state index in [-0.39, 0.29) is 29.8 Å². The highest BCUT2D eigenvalue weighted by Crippen LogP contribution is 2.36. The molecule has 104 valence electrons. The summed E-state index contributed by atoms with van der Waals surface area (Å²) in [6, 6.07) is 8.32. The molecule has 0 aliphatic rings. The standard InChI is InChI=1S/C14H23NOS.ClH/c1-14(2,3)17-13-9-5-4-7-11(13)12(15)8-6-10-16;/h4-5,7,9,12,16H,6,8,10,15H2,1-3H3;1H/t12-;/m1./s1. The summed E-state index contributed by atoms with van der Waals surface area (Å²) in [5.74, 6) is 0. The number of hydrogen-bond donors (Lipinski definition) is 2. The monoisotopic (exact) mass is 289 g/mol. The van der Waals surface area contributed by atoms with Crippen LogP contribution in [0.3, 0.4) is 0 Å². The number of thioether (sulfide) groups is 1. The molecule has 0 saturated heterocycles. The van der Waals surface area contributed by atoms with Gasteiger partial charge in [0.1, 0.15) is 0 Å². The molecule has 1 rings (SSSR count). The van der Waals surface area contributed by atoms with Gasteiger partial charge in [0.15, 0.2) is 0 Å². The van der Waals surface area contributed by atoms with Gasteiger partial charge in [0.2, 0.25) is 0 Å². The van der Waals surface area contributed by atoms with Gasteiger partial charge in [0, 0.05) is 22.3 Å². The smallest absolute Gasteiger partial charge is 0.0431 e. The van der Waals surface area contributed by atoms with E-state index in [1.165, 1.54) is 10.5 Å². The lowest BCUT2D eigenvalue weighted by Crippen LogP contribution is -2.14. The van der Waals surface area contributed by atoms with Crippen LogP contribution in [0.25, 0.3) is 0 Å². The Bertz CT molecular complexity index is 352. The van der Waals surface area contributed by atoms with Gasteiger partial charge < -0.3 is 10.8 Å². The first kappa shape index (κ1) is 17.8. The maximum Gasteiger partial charge on any atom is 0.0431 e. The number of nitrogens with two attached hydrogens (primary N) is 1. The van der Waals surface area contributed by atoms with E-state index in [0.717, 1.165) is 12.8 Å². The molecule has 0 radical (unpaired) electrons. The van der Waals surface area contributed by atoms with Crippen molar-refractivity contribution in [2.24, 2.45) is 5.73 Å². The molecule has 0 spiro atoms. The molecule has 0 fully saturated rings. The quantitative estimate of drug-likeness (QED) is 0.811. The summed E-state index contributed by atoms with van der Waals surface area (Å²) in [6.07, 6.45) is 1.59. The van der Waals surface area contributed by atoms with Crippen molar-refractivity contribution in [2.45, 2.75) is 49.3 Å². The van der Waals surface area contributed by atoms with E-state index in [1.54, 1.807) is 0 Å². The third-order valence-corrected chi connectivity index (χ3v) is 3.61. The Labute approximate surface area is 121 Å². The lowest BCUT2D eigenvalue weighted by atomic mass is 10.0. The van der Waals surface area contributed by atoms with Gasteiger partial charge in [-0.05, 0) is 24.5 Å². The Hall–Kier alpha value is -0.220. The van der Waals surface area contributed by atoms with Gasteiger partial charge in [-0.3, -0.25) is 0 Å². The zero-order chi connectivity index (χ0) is 12.9. The van der Waals surface area contributed by atoms with Crippen LogP contribution in [0, 0.1) is 0 Å². The summed E-state index contributed by atoms with van der Waals surface area (Å²) in [5, 5.41) is 8.86. The van der Waals surface area contributed by atoms with Gasteiger partial charge in [0.05, 0.1) is 0 Å². The summed E-state index contributed by atoms with van der Waals surface area (Å²) >= 11 is 1.85. The van der Waals surface area contributed by atoms with Gasteiger partial charge in [-0.2, -0.15) is 0 Å². The highest BCUT2D eigenvalue weighted by Gasteiger charge is 2.17. The average Bonchev–Trinajstić information content (AvgIpc) is 2.24. The highest BCUT2D eigenvalue weighted by molar-refractivity contribution is 8.00. The molecule has 1 aromatic rings. The first-order valence-corrected chi connectivity index (χ1v) is 6.90. The van der Waals surface area contributed by atoms with Crippen LogP contribution >= 0.6 is 24.2 Å². The molecule has 0 aliphatic carbocycles. The van der Waals surface area contributed by atoms with Crippen molar-refractivity contribution < 1.29 is 5.11 Å². The van der Waals surface area contributed by atoms with Crippen LogP contribution in [0.2, 0.25) is 0 Å². The molecule has 1 atom stereocenters. The van der Waals surface area contributed by atoms with E-state index in [1.807, 2.05) is 17.8 Å². The van der Waals surface area contributed by atoms with Crippen LogP contribution in [-0.4, -0.2) is 16.5 Å². The maximum absolute atomic E-state index is 8.86. The molecule has 0 saturated carbocycles. The van der Waals surface area contributed by atoms with Gasteiger partial charge in [-0.25, -0.2) is 0 Å². The summed E-state index contributed by atoms with van der Waals surface area (Å²) in [6.45, 7) is 6.82. The Morgan fingerprint density at radius 1 is 1.28 bits per heavy atom. The molecule has 0 aromatic heterocycles. The minimum atomic E-state index is 0. The van der Waals surface area contributed by atoms with Gasteiger partial charge in [-0.1, -0.05) is 39.0 Å². The molecule has 4 heteroatoms.